The molecule has 1 atom stereocenters. The molecule has 4 rings (SSSR count). The number of amides is 1. The Bertz CT molecular complexity index is 1260. The molecule has 1 amide bonds. The first-order valence-corrected chi connectivity index (χ1v) is 10.3. The van der Waals surface area contributed by atoms with Crippen LogP contribution in [0.5, 0.6) is 11.5 Å². The molecule has 1 unspecified atom stereocenters. The van der Waals surface area contributed by atoms with E-state index in [2.05, 4.69) is 0 Å². The van der Waals surface area contributed by atoms with Crippen molar-refractivity contribution in [3.05, 3.63) is 94.3 Å². The van der Waals surface area contributed by atoms with Gasteiger partial charge in [-0.05, 0) is 35.9 Å². The maximum atomic E-state index is 13.6. The van der Waals surface area contributed by atoms with Crippen LogP contribution < -0.4 is 14.4 Å². The minimum absolute atomic E-state index is 0.122. The Morgan fingerprint density at radius 2 is 1.61 bits per heavy atom. The van der Waals surface area contributed by atoms with Crippen molar-refractivity contribution < 1.29 is 28.6 Å². The fourth-order valence-corrected chi connectivity index (χ4v) is 4.07. The van der Waals surface area contributed by atoms with Crippen molar-refractivity contribution in [2.75, 3.05) is 19.1 Å². The molecule has 8 heteroatoms. The Morgan fingerprint density at radius 3 is 2.21 bits per heavy atom. The number of aliphatic hydroxyl groups is 1. The van der Waals surface area contributed by atoms with Gasteiger partial charge in [-0.15, -0.1) is 0 Å². The van der Waals surface area contributed by atoms with Gasteiger partial charge in [0.25, 0.3) is 11.7 Å². The van der Waals surface area contributed by atoms with E-state index in [0.717, 1.165) is 0 Å². The second-order valence-corrected chi connectivity index (χ2v) is 7.65. The topological polar surface area (TPSA) is 76.1 Å². The quantitative estimate of drug-likeness (QED) is 0.320. The van der Waals surface area contributed by atoms with Gasteiger partial charge in [0.1, 0.15) is 23.1 Å². The van der Waals surface area contributed by atoms with Crippen molar-refractivity contribution in [3.63, 3.8) is 0 Å². The molecular formula is C25H19ClFNO5. The van der Waals surface area contributed by atoms with Gasteiger partial charge in [-0.1, -0.05) is 41.9 Å². The molecule has 3 aromatic carbocycles. The Hall–Kier alpha value is -3.84. The smallest absolute Gasteiger partial charge is 0.300 e. The van der Waals surface area contributed by atoms with Gasteiger partial charge in [0.05, 0.1) is 36.4 Å². The maximum absolute atomic E-state index is 13.6. The number of para-hydroxylation sites is 1. The normalized spacial score (nSPS) is 17.3. The number of nitrogens with zero attached hydrogens (tertiary/aromatic N) is 1. The summed E-state index contributed by atoms with van der Waals surface area (Å²) >= 11 is 6.17. The van der Waals surface area contributed by atoms with Crippen molar-refractivity contribution >= 4 is 34.7 Å². The number of anilines is 1. The average Bonchev–Trinajstić information content (AvgIpc) is 3.09. The number of benzene rings is 3. The minimum Gasteiger partial charge on any atom is -0.507 e. The molecule has 1 N–H and O–H groups in total. The van der Waals surface area contributed by atoms with Gasteiger partial charge in [-0.2, -0.15) is 0 Å². The van der Waals surface area contributed by atoms with Crippen molar-refractivity contribution in [1.29, 1.82) is 0 Å². The highest BCUT2D eigenvalue weighted by Gasteiger charge is 2.47. The van der Waals surface area contributed by atoms with Gasteiger partial charge in [0.2, 0.25) is 0 Å². The number of hydrogen-bond acceptors (Lipinski definition) is 5. The molecule has 0 saturated carbocycles. The molecule has 0 spiro atoms. The molecule has 1 fully saturated rings. The summed E-state index contributed by atoms with van der Waals surface area (Å²) in [5.41, 5.74) is 0.851. The average molecular weight is 468 g/mol. The number of halogens is 2. The van der Waals surface area contributed by atoms with Gasteiger partial charge >= 0.3 is 0 Å². The monoisotopic (exact) mass is 467 g/mol. The van der Waals surface area contributed by atoms with Crippen molar-refractivity contribution in [1.82, 2.24) is 0 Å². The van der Waals surface area contributed by atoms with Gasteiger partial charge in [-0.3, -0.25) is 14.5 Å². The van der Waals surface area contributed by atoms with E-state index in [0.29, 0.717) is 11.3 Å². The lowest BCUT2D eigenvalue weighted by molar-refractivity contribution is -0.132. The molecule has 6 nitrogen and oxygen atoms in total. The molecule has 3 aromatic rings. The number of carbonyl (C=O) groups is 2. The predicted octanol–water partition coefficient (Wildman–Crippen LogP) is 5.12. The third-order valence-electron chi connectivity index (χ3n) is 5.39. The molecule has 33 heavy (non-hydrogen) atoms. The lowest BCUT2D eigenvalue weighted by Gasteiger charge is -2.25. The Kier molecular flexibility index (Phi) is 6.07. The van der Waals surface area contributed by atoms with Crippen LogP contribution in [-0.4, -0.2) is 31.0 Å². The summed E-state index contributed by atoms with van der Waals surface area (Å²) in [5, 5.41) is 11.6. The van der Waals surface area contributed by atoms with Crippen LogP contribution in [-0.2, 0) is 9.59 Å². The van der Waals surface area contributed by atoms with Crippen LogP contribution in [0.1, 0.15) is 17.2 Å². The Labute approximate surface area is 194 Å². The van der Waals surface area contributed by atoms with E-state index in [-0.39, 0.29) is 27.7 Å². The van der Waals surface area contributed by atoms with Crippen molar-refractivity contribution in [2.24, 2.45) is 0 Å². The Morgan fingerprint density at radius 1 is 0.970 bits per heavy atom. The van der Waals surface area contributed by atoms with Crippen LogP contribution in [0.15, 0.2) is 72.3 Å². The Balaban J connectivity index is 1.99. The van der Waals surface area contributed by atoms with Gasteiger partial charge in [0, 0.05) is 11.8 Å². The highest BCUT2D eigenvalue weighted by molar-refractivity contribution is 6.51. The van der Waals surface area contributed by atoms with Crippen molar-refractivity contribution in [2.45, 2.75) is 6.04 Å². The van der Waals surface area contributed by atoms with Crippen LogP contribution in [0.25, 0.3) is 5.76 Å². The molecule has 0 aromatic heterocycles. The molecule has 1 aliphatic heterocycles. The van der Waals surface area contributed by atoms with Gasteiger partial charge in [0.15, 0.2) is 0 Å². The lowest BCUT2D eigenvalue weighted by atomic mass is 9.94. The van der Waals surface area contributed by atoms with Gasteiger partial charge in [-0.25, -0.2) is 4.39 Å². The van der Waals surface area contributed by atoms with Crippen LogP contribution in [0, 0.1) is 5.82 Å². The zero-order chi connectivity index (χ0) is 23.7. The van der Waals surface area contributed by atoms with E-state index in [1.54, 1.807) is 30.3 Å². The first-order valence-electron chi connectivity index (χ1n) is 9.90. The number of ether oxygens (including phenoxy) is 2. The summed E-state index contributed by atoms with van der Waals surface area (Å²) in [6, 6.07) is 15.8. The van der Waals surface area contributed by atoms with E-state index in [1.165, 1.54) is 55.5 Å². The molecule has 1 saturated heterocycles. The number of rotatable bonds is 5. The van der Waals surface area contributed by atoms with Crippen LogP contribution in [0.4, 0.5) is 10.1 Å². The third kappa shape index (κ3) is 3.91. The summed E-state index contributed by atoms with van der Waals surface area (Å²) < 4.78 is 24.2. The standard InChI is InChI=1S/C25H19ClFNO5/c1-32-19-13-18(26)20(33-2)12-17(19)23(29)21-22(14-8-10-15(27)11-9-14)28(25(31)24(21)30)16-6-4-3-5-7-16/h3-13,22,29H,1-2H3/b23-21+. The summed E-state index contributed by atoms with van der Waals surface area (Å²) in [7, 11) is 2.79. The number of hydrogen-bond donors (Lipinski definition) is 1. The number of Topliss-reactive ketones (excluding diaryl/α,β-unsaturated/α-hetero) is 1. The molecule has 1 aliphatic rings. The molecule has 0 radical (unpaired) electrons. The highest BCUT2D eigenvalue weighted by Crippen LogP contribution is 2.44. The highest BCUT2D eigenvalue weighted by atomic mass is 35.5. The maximum Gasteiger partial charge on any atom is 0.300 e. The third-order valence-corrected chi connectivity index (χ3v) is 5.69. The predicted molar refractivity (Wildman–Crippen MR) is 122 cm³/mol. The fourth-order valence-electron chi connectivity index (χ4n) is 3.84. The molecular weight excluding hydrogens is 449 g/mol. The first kappa shape index (κ1) is 22.4. The minimum atomic E-state index is -1.00. The molecule has 168 valence electrons. The SMILES string of the molecule is COc1cc(/C(O)=C2\C(=O)C(=O)N(c3ccccc3)C2c2ccc(F)cc2)c(OC)cc1Cl. The number of carbonyl (C=O) groups excluding carboxylic acids is 2. The van der Waals surface area contributed by atoms with E-state index in [1.807, 2.05) is 0 Å². The summed E-state index contributed by atoms with van der Waals surface area (Å²) in [6.45, 7) is 0. The van der Waals surface area contributed by atoms with E-state index < -0.39 is 29.3 Å². The zero-order valence-corrected chi connectivity index (χ0v) is 18.5. The van der Waals surface area contributed by atoms with Crippen LogP contribution in [0.2, 0.25) is 5.02 Å². The molecule has 0 aliphatic carbocycles. The second-order valence-electron chi connectivity index (χ2n) is 7.24. The second kappa shape index (κ2) is 8.96. The summed E-state index contributed by atoms with van der Waals surface area (Å²) in [4.78, 5) is 27.6. The lowest BCUT2D eigenvalue weighted by Crippen LogP contribution is -2.29. The number of aliphatic hydroxyl groups excluding tert-OH is 1. The van der Waals surface area contributed by atoms with E-state index in [9.17, 15) is 19.1 Å². The largest absolute Gasteiger partial charge is 0.507 e. The number of ketones is 1. The van der Waals surface area contributed by atoms with Crippen LogP contribution >= 0.6 is 11.6 Å². The zero-order valence-electron chi connectivity index (χ0n) is 17.7. The summed E-state index contributed by atoms with van der Waals surface area (Å²) in [5.74, 6) is -2.22. The molecule has 0 bridgehead atoms. The van der Waals surface area contributed by atoms with E-state index in [4.69, 9.17) is 21.1 Å². The van der Waals surface area contributed by atoms with Crippen molar-refractivity contribution in [3.8, 4) is 11.5 Å². The van der Waals surface area contributed by atoms with Gasteiger partial charge < -0.3 is 14.6 Å². The van der Waals surface area contributed by atoms with Crippen LogP contribution in [0.3, 0.4) is 0 Å². The van der Waals surface area contributed by atoms with E-state index >= 15 is 0 Å². The number of methoxy groups -OCH3 is 2. The molecule has 1 heterocycles. The fraction of sp³-hybridized carbons (Fsp3) is 0.120. The first-order chi connectivity index (χ1) is 15.9. The summed E-state index contributed by atoms with van der Waals surface area (Å²) in [6.07, 6.45) is 0.